The zero-order chi connectivity index (χ0) is 21.5. The van der Waals surface area contributed by atoms with Crippen LogP contribution in [0.25, 0.3) is 10.8 Å². The van der Waals surface area contributed by atoms with E-state index >= 15 is 0 Å². The first kappa shape index (κ1) is 20.5. The van der Waals surface area contributed by atoms with E-state index in [1.54, 1.807) is 13.2 Å². The fourth-order valence-electron chi connectivity index (χ4n) is 3.58. The molecule has 156 valence electrons. The second-order valence-corrected chi connectivity index (χ2v) is 7.28. The van der Waals surface area contributed by atoms with Crippen LogP contribution in [0.3, 0.4) is 0 Å². The Kier molecular flexibility index (Phi) is 6.48. The molecule has 4 aromatic rings. The van der Waals surface area contributed by atoms with Gasteiger partial charge < -0.3 is 14.8 Å². The van der Waals surface area contributed by atoms with Crippen LogP contribution in [0.5, 0.6) is 11.5 Å². The van der Waals surface area contributed by atoms with E-state index in [0.717, 1.165) is 28.5 Å². The van der Waals surface area contributed by atoms with Gasteiger partial charge in [0, 0.05) is 23.1 Å². The molecule has 0 aromatic heterocycles. The largest absolute Gasteiger partial charge is 0.496 e. The Morgan fingerprint density at radius 2 is 1.61 bits per heavy atom. The van der Waals surface area contributed by atoms with Gasteiger partial charge in [0.2, 0.25) is 0 Å². The summed E-state index contributed by atoms with van der Waals surface area (Å²) in [5.74, 6) is 1.39. The van der Waals surface area contributed by atoms with Crippen LogP contribution in [-0.2, 0) is 13.0 Å². The number of carbonyl (C=O) groups excluding carboxylic acids is 1. The molecule has 0 aliphatic rings. The summed E-state index contributed by atoms with van der Waals surface area (Å²) in [5.41, 5.74) is 2.61. The summed E-state index contributed by atoms with van der Waals surface area (Å²) in [6.07, 6.45) is 0.791. The molecular formula is C27H25NO3. The molecule has 0 heterocycles. The van der Waals surface area contributed by atoms with Crippen LogP contribution in [0, 0.1) is 0 Å². The van der Waals surface area contributed by atoms with Gasteiger partial charge in [0.15, 0.2) is 0 Å². The van der Waals surface area contributed by atoms with Crippen molar-refractivity contribution in [3.05, 3.63) is 108 Å². The van der Waals surface area contributed by atoms with Crippen molar-refractivity contribution in [2.75, 3.05) is 13.7 Å². The van der Waals surface area contributed by atoms with Gasteiger partial charge in [-0.15, -0.1) is 0 Å². The van der Waals surface area contributed by atoms with Gasteiger partial charge in [0.1, 0.15) is 18.1 Å². The molecule has 0 spiro atoms. The first-order chi connectivity index (χ1) is 15.2. The van der Waals surface area contributed by atoms with E-state index < -0.39 is 0 Å². The third-order valence-electron chi connectivity index (χ3n) is 5.22. The Morgan fingerprint density at radius 3 is 2.45 bits per heavy atom. The number of carbonyl (C=O) groups is 1. The summed E-state index contributed by atoms with van der Waals surface area (Å²) in [5, 5.41) is 5.17. The Morgan fingerprint density at radius 1 is 0.839 bits per heavy atom. The summed E-state index contributed by atoms with van der Waals surface area (Å²) in [6.45, 7) is 0.888. The average molecular weight is 412 g/mol. The highest BCUT2D eigenvalue weighted by Crippen LogP contribution is 2.28. The molecule has 31 heavy (non-hydrogen) atoms. The number of fused-ring (bicyclic) bond motifs is 1. The number of ether oxygens (including phenoxy) is 2. The Bertz CT molecular complexity index is 1170. The minimum atomic E-state index is -0.106. The maximum Gasteiger partial charge on any atom is 0.251 e. The third kappa shape index (κ3) is 5.04. The zero-order valence-corrected chi connectivity index (χ0v) is 17.5. The van der Waals surface area contributed by atoms with Gasteiger partial charge in [-0.1, -0.05) is 66.7 Å². The van der Waals surface area contributed by atoms with Crippen molar-refractivity contribution in [1.82, 2.24) is 5.32 Å². The molecule has 4 nitrogen and oxygen atoms in total. The molecule has 1 N–H and O–H groups in total. The second-order valence-electron chi connectivity index (χ2n) is 7.28. The standard InChI is InChI=1S/C27H25NO3/c1-30-25-15-14-22(27(29)28-17-16-20-8-3-2-4-9-20)18-23(25)19-31-26-13-7-11-21-10-5-6-12-24(21)26/h2-15,18H,16-17,19H2,1H3,(H,28,29). The topological polar surface area (TPSA) is 47.6 Å². The number of hydrogen-bond donors (Lipinski definition) is 1. The van der Waals surface area contributed by atoms with E-state index in [0.29, 0.717) is 24.5 Å². The monoisotopic (exact) mass is 411 g/mol. The molecule has 0 atom stereocenters. The highest BCUT2D eigenvalue weighted by atomic mass is 16.5. The zero-order valence-electron chi connectivity index (χ0n) is 17.5. The number of benzene rings is 4. The summed E-state index contributed by atoms with van der Waals surface area (Å²) in [6, 6.07) is 29.6. The number of amides is 1. The minimum Gasteiger partial charge on any atom is -0.496 e. The van der Waals surface area contributed by atoms with E-state index in [-0.39, 0.29) is 5.91 Å². The number of hydrogen-bond acceptors (Lipinski definition) is 3. The molecule has 0 unspecified atom stereocenters. The minimum absolute atomic E-state index is 0.106. The smallest absolute Gasteiger partial charge is 0.251 e. The van der Waals surface area contributed by atoms with Crippen molar-refractivity contribution >= 4 is 16.7 Å². The lowest BCUT2D eigenvalue weighted by molar-refractivity contribution is 0.0954. The van der Waals surface area contributed by atoms with E-state index in [4.69, 9.17) is 9.47 Å². The van der Waals surface area contributed by atoms with Crippen LogP contribution >= 0.6 is 0 Å². The van der Waals surface area contributed by atoms with Crippen molar-refractivity contribution in [1.29, 1.82) is 0 Å². The molecule has 4 aromatic carbocycles. The summed E-state index contributed by atoms with van der Waals surface area (Å²) in [7, 11) is 1.62. The lowest BCUT2D eigenvalue weighted by Crippen LogP contribution is -2.25. The number of rotatable bonds is 8. The molecule has 0 saturated carbocycles. The normalized spacial score (nSPS) is 10.6. The van der Waals surface area contributed by atoms with E-state index in [1.165, 1.54) is 5.56 Å². The predicted molar refractivity (Wildman–Crippen MR) is 124 cm³/mol. The number of nitrogens with one attached hydrogen (secondary N) is 1. The van der Waals surface area contributed by atoms with E-state index in [1.807, 2.05) is 60.7 Å². The molecule has 0 fully saturated rings. The van der Waals surface area contributed by atoms with Gasteiger partial charge in [-0.2, -0.15) is 0 Å². The fourth-order valence-corrected chi connectivity index (χ4v) is 3.58. The molecule has 0 radical (unpaired) electrons. The van der Waals surface area contributed by atoms with E-state index in [9.17, 15) is 4.79 Å². The van der Waals surface area contributed by atoms with Crippen molar-refractivity contribution in [3.8, 4) is 11.5 Å². The number of methoxy groups -OCH3 is 1. The van der Waals surface area contributed by atoms with Crippen LogP contribution in [0.1, 0.15) is 21.5 Å². The van der Waals surface area contributed by atoms with Gasteiger partial charge in [0.05, 0.1) is 7.11 Å². The van der Waals surface area contributed by atoms with Gasteiger partial charge in [0.25, 0.3) is 5.91 Å². The van der Waals surface area contributed by atoms with Gasteiger partial charge >= 0.3 is 0 Å². The van der Waals surface area contributed by atoms with Gasteiger partial charge in [-0.3, -0.25) is 4.79 Å². The van der Waals surface area contributed by atoms with Gasteiger partial charge in [-0.05, 0) is 41.6 Å². The first-order valence-electron chi connectivity index (χ1n) is 10.3. The Balaban J connectivity index is 1.45. The van der Waals surface area contributed by atoms with E-state index in [2.05, 4.69) is 29.6 Å². The van der Waals surface area contributed by atoms with Crippen LogP contribution in [0.4, 0.5) is 0 Å². The van der Waals surface area contributed by atoms with Crippen LogP contribution in [0.15, 0.2) is 91.0 Å². The highest BCUT2D eigenvalue weighted by molar-refractivity contribution is 5.94. The third-order valence-corrected chi connectivity index (χ3v) is 5.22. The molecule has 0 bridgehead atoms. The lowest BCUT2D eigenvalue weighted by atomic mass is 10.1. The summed E-state index contributed by atoms with van der Waals surface area (Å²) < 4.78 is 11.6. The average Bonchev–Trinajstić information content (AvgIpc) is 2.83. The first-order valence-corrected chi connectivity index (χ1v) is 10.3. The van der Waals surface area contributed by atoms with Crippen molar-refractivity contribution in [3.63, 3.8) is 0 Å². The lowest BCUT2D eigenvalue weighted by Gasteiger charge is -2.13. The van der Waals surface area contributed by atoms with Crippen molar-refractivity contribution in [2.24, 2.45) is 0 Å². The summed E-state index contributed by atoms with van der Waals surface area (Å²) >= 11 is 0. The Labute approximate surface area is 182 Å². The van der Waals surface area contributed by atoms with Crippen LogP contribution in [0.2, 0.25) is 0 Å². The SMILES string of the molecule is COc1ccc(C(=O)NCCc2ccccc2)cc1COc1cccc2ccccc12. The Hall–Kier alpha value is -3.79. The summed E-state index contributed by atoms with van der Waals surface area (Å²) in [4.78, 5) is 12.6. The molecule has 4 rings (SSSR count). The second kappa shape index (κ2) is 9.81. The molecule has 4 heteroatoms. The fraction of sp³-hybridized carbons (Fsp3) is 0.148. The molecule has 0 aliphatic carbocycles. The molecule has 1 amide bonds. The van der Waals surface area contributed by atoms with Crippen molar-refractivity contribution < 1.29 is 14.3 Å². The molecular weight excluding hydrogens is 386 g/mol. The predicted octanol–water partition coefficient (Wildman–Crippen LogP) is 5.40. The maximum atomic E-state index is 12.6. The van der Waals surface area contributed by atoms with Crippen LogP contribution in [-0.4, -0.2) is 19.6 Å². The van der Waals surface area contributed by atoms with Gasteiger partial charge in [-0.25, -0.2) is 0 Å². The highest BCUT2D eigenvalue weighted by Gasteiger charge is 2.11. The van der Waals surface area contributed by atoms with Crippen molar-refractivity contribution in [2.45, 2.75) is 13.0 Å². The quantitative estimate of drug-likeness (QED) is 0.422. The maximum absolute atomic E-state index is 12.6. The van der Waals surface area contributed by atoms with Crippen LogP contribution < -0.4 is 14.8 Å². The molecule has 0 aliphatic heterocycles. The molecule has 0 saturated heterocycles.